The molecule has 0 aliphatic carbocycles. The molecule has 0 fully saturated rings. The van der Waals surface area contributed by atoms with Gasteiger partial charge in [-0.25, -0.2) is 0 Å². The molecule has 0 bridgehead atoms. The molecule has 0 aliphatic rings. The van der Waals surface area contributed by atoms with Crippen molar-refractivity contribution in [3.8, 4) is 5.75 Å². The van der Waals surface area contributed by atoms with Crippen LogP contribution in [0.15, 0.2) is 83.3 Å². The first-order valence-corrected chi connectivity index (χ1v) is 9.55. The monoisotopic (exact) mass is 438 g/mol. The van der Waals surface area contributed by atoms with Gasteiger partial charge in [0.2, 0.25) is 0 Å². The van der Waals surface area contributed by atoms with Crippen LogP contribution in [-0.2, 0) is 6.42 Å². The number of carbonyl (C=O) groups excluding carboxylic acids is 2. The molecular weight excluding hydrogens is 420 g/mol. The van der Waals surface area contributed by atoms with E-state index in [1.165, 1.54) is 0 Å². The summed E-state index contributed by atoms with van der Waals surface area (Å²) in [5.41, 5.74) is 6.79. The van der Waals surface area contributed by atoms with Gasteiger partial charge in [-0.3, -0.25) is 20.4 Å². The SMILES string of the molecule is O=C(NNC(=O)c1cc(Br)ccc1OCCc1ccccc1)c1ccccc1. The van der Waals surface area contributed by atoms with Crippen LogP contribution in [0.5, 0.6) is 5.75 Å². The zero-order valence-corrected chi connectivity index (χ0v) is 16.6. The topological polar surface area (TPSA) is 67.4 Å². The Kier molecular flexibility index (Phi) is 6.81. The summed E-state index contributed by atoms with van der Waals surface area (Å²) in [6.45, 7) is 0.433. The summed E-state index contributed by atoms with van der Waals surface area (Å²) in [6.07, 6.45) is 0.725. The number of ether oxygens (including phenoxy) is 1. The normalized spacial score (nSPS) is 10.2. The van der Waals surface area contributed by atoms with E-state index in [1.54, 1.807) is 42.5 Å². The average Bonchev–Trinajstić information content (AvgIpc) is 2.74. The van der Waals surface area contributed by atoms with Crippen LogP contribution in [-0.4, -0.2) is 18.4 Å². The molecule has 3 rings (SSSR count). The molecule has 0 saturated carbocycles. The molecule has 5 nitrogen and oxygen atoms in total. The summed E-state index contributed by atoms with van der Waals surface area (Å²) >= 11 is 3.36. The number of nitrogens with one attached hydrogen (secondary N) is 2. The van der Waals surface area contributed by atoms with Gasteiger partial charge in [0.25, 0.3) is 11.8 Å². The molecule has 0 aliphatic heterocycles. The van der Waals surface area contributed by atoms with E-state index >= 15 is 0 Å². The van der Waals surface area contributed by atoms with Crippen molar-refractivity contribution in [2.75, 3.05) is 6.61 Å². The Morgan fingerprint density at radius 3 is 2.18 bits per heavy atom. The average molecular weight is 439 g/mol. The van der Waals surface area contributed by atoms with Gasteiger partial charge in [0.1, 0.15) is 5.75 Å². The lowest BCUT2D eigenvalue weighted by Gasteiger charge is -2.13. The van der Waals surface area contributed by atoms with E-state index in [9.17, 15) is 9.59 Å². The fraction of sp³-hybridized carbons (Fsp3) is 0.0909. The lowest BCUT2D eigenvalue weighted by Crippen LogP contribution is -2.41. The van der Waals surface area contributed by atoms with Gasteiger partial charge in [0.15, 0.2) is 0 Å². The predicted octanol–water partition coefficient (Wildman–Crippen LogP) is 4.15. The molecule has 0 aromatic heterocycles. The molecule has 2 N–H and O–H groups in total. The van der Waals surface area contributed by atoms with Crippen molar-refractivity contribution in [1.29, 1.82) is 0 Å². The first kappa shape index (κ1) is 19.6. The van der Waals surface area contributed by atoms with Gasteiger partial charge < -0.3 is 4.74 Å². The smallest absolute Gasteiger partial charge is 0.273 e. The van der Waals surface area contributed by atoms with Gasteiger partial charge in [-0.2, -0.15) is 0 Å². The Morgan fingerprint density at radius 2 is 1.46 bits per heavy atom. The number of hydrogen-bond acceptors (Lipinski definition) is 3. The highest BCUT2D eigenvalue weighted by Crippen LogP contribution is 2.23. The van der Waals surface area contributed by atoms with Gasteiger partial charge in [0, 0.05) is 16.5 Å². The van der Waals surface area contributed by atoms with Crippen molar-refractivity contribution in [1.82, 2.24) is 10.9 Å². The van der Waals surface area contributed by atoms with E-state index in [0.29, 0.717) is 23.5 Å². The van der Waals surface area contributed by atoms with Gasteiger partial charge in [-0.15, -0.1) is 0 Å². The summed E-state index contributed by atoms with van der Waals surface area (Å²) in [5, 5.41) is 0. The van der Waals surface area contributed by atoms with Crippen LogP contribution < -0.4 is 15.6 Å². The Balaban J connectivity index is 1.62. The number of carbonyl (C=O) groups is 2. The van der Waals surface area contributed by atoms with Crippen molar-refractivity contribution in [2.24, 2.45) is 0 Å². The summed E-state index contributed by atoms with van der Waals surface area (Å²) < 4.78 is 6.55. The second kappa shape index (κ2) is 9.71. The van der Waals surface area contributed by atoms with Crippen LogP contribution >= 0.6 is 15.9 Å². The van der Waals surface area contributed by atoms with Crippen LogP contribution in [0.25, 0.3) is 0 Å². The molecule has 28 heavy (non-hydrogen) atoms. The fourth-order valence-electron chi connectivity index (χ4n) is 2.57. The highest BCUT2D eigenvalue weighted by atomic mass is 79.9. The Morgan fingerprint density at radius 1 is 0.821 bits per heavy atom. The van der Waals surface area contributed by atoms with Gasteiger partial charge in [-0.1, -0.05) is 64.5 Å². The van der Waals surface area contributed by atoms with Crippen LogP contribution in [0.4, 0.5) is 0 Å². The van der Waals surface area contributed by atoms with Crippen molar-refractivity contribution in [3.63, 3.8) is 0 Å². The third kappa shape index (κ3) is 5.44. The zero-order chi connectivity index (χ0) is 19.8. The molecule has 3 aromatic rings. The van der Waals surface area contributed by atoms with Gasteiger partial charge in [0.05, 0.1) is 12.2 Å². The molecule has 2 amide bonds. The molecule has 6 heteroatoms. The lowest BCUT2D eigenvalue weighted by atomic mass is 10.1. The largest absolute Gasteiger partial charge is 0.492 e. The van der Waals surface area contributed by atoms with E-state index in [2.05, 4.69) is 26.8 Å². The maximum absolute atomic E-state index is 12.6. The fourth-order valence-corrected chi connectivity index (χ4v) is 2.93. The molecule has 0 atom stereocenters. The Bertz CT molecular complexity index is 947. The quantitative estimate of drug-likeness (QED) is 0.568. The van der Waals surface area contributed by atoms with Crippen molar-refractivity contribution in [2.45, 2.75) is 6.42 Å². The predicted molar refractivity (Wildman–Crippen MR) is 111 cm³/mol. The number of hydrogen-bond donors (Lipinski definition) is 2. The molecule has 142 valence electrons. The minimum Gasteiger partial charge on any atom is -0.492 e. The van der Waals surface area contributed by atoms with Crippen molar-refractivity contribution < 1.29 is 14.3 Å². The van der Waals surface area contributed by atoms with Gasteiger partial charge >= 0.3 is 0 Å². The number of hydrazine groups is 1. The number of benzene rings is 3. The Hall–Kier alpha value is -3.12. The first-order valence-electron chi connectivity index (χ1n) is 8.75. The van der Waals surface area contributed by atoms with E-state index in [-0.39, 0.29) is 0 Å². The van der Waals surface area contributed by atoms with Crippen LogP contribution in [0.1, 0.15) is 26.3 Å². The van der Waals surface area contributed by atoms with Crippen LogP contribution in [0, 0.1) is 0 Å². The maximum Gasteiger partial charge on any atom is 0.273 e. The number of halogens is 1. The first-order chi connectivity index (χ1) is 13.6. The summed E-state index contributed by atoms with van der Waals surface area (Å²) in [7, 11) is 0. The van der Waals surface area contributed by atoms with Crippen molar-refractivity contribution >= 4 is 27.7 Å². The highest BCUT2D eigenvalue weighted by molar-refractivity contribution is 9.10. The van der Waals surface area contributed by atoms with E-state index in [4.69, 9.17) is 4.74 Å². The van der Waals surface area contributed by atoms with Crippen molar-refractivity contribution in [3.05, 3.63) is 100 Å². The van der Waals surface area contributed by atoms with E-state index in [0.717, 1.165) is 16.5 Å². The molecule has 3 aromatic carbocycles. The second-order valence-corrected chi connectivity index (χ2v) is 6.91. The minimum absolute atomic E-state index is 0.329. The molecule has 0 saturated heterocycles. The third-order valence-electron chi connectivity index (χ3n) is 4.00. The molecule has 0 spiro atoms. The summed E-state index contributed by atoms with van der Waals surface area (Å²) in [6, 6.07) is 23.8. The van der Waals surface area contributed by atoms with E-state index in [1.807, 2.05) is 36.4 Å². The van der Waals surface area contributed by atoms with Crippen LogP contribution in [0.2, 0.25) is 0 Å². The lowest BCUT2D eigenvalue weighted by molar-refractivity contribution is 0.0844. The highest BCUT2D eigenvalue weighted by Gasteiger charge is 2.15. The molecule has 0 heterocycles. The maximum atomic E-state index is 12.6. The van der Waals surface area contributed by atoms with Gasteiger partial charge in [-0.05, 0) is 35.9 Å². The molecule has 0 unspecified atom stereocenters. The van der Waals surface area contributed by atoms with Crippen LogP contribution in [0.3, 0.4) is 0 Å². The number of rotatable bonds is 6. The molecular formula is C22H19BrN2O3. The summed E-state index contributed by atoms with van der Waals surface area (Å²) in [4.78, 5) is 24.7. The second-order valence-electron chi connectivity index (χ2n) is 6.00. The standard InChI is InChI=1S/C22H19BrN2O3/c23-18-11-12-20(28-14-13-16-7-3-1-4-8-16)19(15-18)22(27)25-24-21(26)17-9-5-2-6-10-17/h1-12,15H,13-14H2,(H,24,26)(H,25,27). The van der Waals surface area contributed by atoms with E-state index < -0.39 is 11.8 Å². The summed E-state index contributed by atoms with van der Waals surface area (Å²) in [5.74, 6) is -0.402. The number of amides is 2. The molecule has 0 radical (unpaired) electrons. The third-order valence-corrected chi connectivity index (χ3v) is 4.50. The minimum atomic E-state index is -0.458. The Labute approximate surface area is 171 Å². The zero-order valence-electron chi connectivity index (χ0n) is 15.0.